The van der Waals surface area contributed by atoms with Crippen molar-refractivity contribution in [2.75, 3.05) is 6.26 Å². The Labute approximate surface area is 153 Å². The molecule has 0 aromatic heterocycles. The predicted molar refractivity (Wildman–Crippen MR) is 102 cm³/mol. The van der Waals surface area contributed by atoms with Gasteiger partial charge in [0.05, 0.1) is 6.26 Å². The Morgan fingerprint density at radius 1 is 1.00 bits per heavy atom. The first kappa shape index (κ1) is 19.1. The molecule has 0 aliphatic carbocycles. The molecule has 7 heteroatoms. The van der Waals surface area contributed by atoms with E-state index in [1.807, 2.05) is 26.0 Å². The second-order valence-corrected chi connectivity index (χ2v) is 7.47. The Bertz CT molecular complexity index is 887. The van der Waals surface area contributed by atoms with E-state index in [9.17, 15) is 8.42 Å². The van der Waals surface area contributed by atoms with Gasteiger partial charge in [0.2, 0.25) is 0 Å². The lowest BCUT2D eigenvalue weighted by molar-refractivity contribution is 0.493. The van der Waals surface area contributed by atoms with Crippen LogP contribution in [-0.2, 0) is 10.1 Å². The Balaban J connectivity index is 2.43. The van der Waals surface area contributed by atoms with Gasteiger partial charge in [-0.25, -0.2) is 0 Å². The van der Waals surface area contributed by atoms with Gasteiger partial charge in [0.15, 0.2) is 0 Å². The molecule has 0 unspecified atom stereocenters. The number of hydrogen-bond donors (Lipinski definition) is 0. The average Bonchev–Trinajstić information content (AvgIpc) is 2.56. The summed E-state index contributed by atoms with van der Waals surface area (Å²) in [5.41, 5.74) is 3.21. The Kier molecular flexibility index (Phi) is 6.33. The summed E-state index contributed by atoms with van der Waals surface area (Å²) in [7, 11) is -3.56. The lowest BCUT2D eigenvalue weighted by Gasteiger charge is -2.08. The van der Waals surface area contributed by atoms with Crippen LogP contribution in [0.3, 0.4) is 0 Å². The molecule has 2 aromatic carbocycles. The third kappa shape index (κ3) is 5.99. The molecule has 0 bridgehead atoms. The van der Waals surface area contributed by atoms with Gasteiger partial charge in [0, 0.05) is 21.9 Å². The minimum absolute atomic E-state index is 0.245. The molecule has 0 heterocycles. The zero-order valence-corrected chi connectivity index (χ0v) is 15.8. The number of hydrogen-bond acceptors (Lipinski definition) is 5. The van der Waals surface area contributed by atoms with Crippen LogP contribution in [0.25, 0.3) is 0 Å². The summed E-state index contributed by atoms with van der Waals surface area (Å²) < 4.78 is 27.3. The van der Waals surface area contributed by atoms with E-state index in [1.165, 1.54) is 0 Å². The quantitative estimate of drug-likeness (QED) is 0.427. The standard InChI is InChI=1S/C18H19ClN2O3S/c1-4-13(2)20-21-18(14-5-9-16(19)10-6-14)15-7-11-17(12-8-15)24-25(3,22)23/h5-12H,4H2,1-3H3/b20-13+,21-18+. The van der Waals surface area contributed by atoms with Gasteiger partial charge in [0.25, 0.3) is 0 Å². The maximum absolute atomic E-state index is 11.2. The molecule has 2 aromatic rings. The van der Waals surface area contributed by atoms with E-state index in [0.29, 0.717) is 10.7 Å². The second kappa shape index (κ2) is 8.27. The molecule has 0 amide bonds. The first-order valence-corrected chi connectivity index (χ1v) is 9.85. The molecular weight excluding hydrogens is 360 g/mol. The van der Waals surface area contributed by atoms with Crippen LogP contribution in [0.2, 0.25) is 5.02 Å². The molecule has 0 saturated carbocycles. The monoisotopic (exact) mass is 378 g/mol. The average molecular weight is 379 g/mol. The van der Waals surface area contributed by atoms with Crippen molar-refractivity contribution in [1.82, 2.24) is 0 Å². The van der Waals surface area contributed by atoms with Crippen molar-refractivity contribution < 1.29 is 12.6 Å². The topological polar surface area (TPSA) is 68.1 Å². The van der Waals surface area contributed by atoms with Crippen LogP contribution >= 0.6 is 11.6 Å². The molecule has 5 nitrogen and oxygen atoms in total. The SMILES string of the molecule is CC/C(C)=N/N=C(\c1ccc(Cl)cc1)c1ccc(OS(C)(=O)=O)cc1. The van der Waals surface area contributed by atoms with Crippen LogP contribution in [0, 0.1) is 0 Å². The zero-order chi connectivity index (χ0) is 18.4. The van der Waals surface area contributed by atoms with Gasteiger partial charge >= 0.3 is 10.1 Å². The van der Waals surface area contributed by atoms with Gasteiger partial charge in [-0.1, -0.05) is 30.7 Å². The predicted octanol–water partition coefficient (Wildman–Crippen LogP) is 4.30. The van der Waals surface area contributed by atoms with Crippen molar-refractivity contribution in [3.05, 3.63) is 64.7 Å². The number of rotatable bonds is 6. The molecule has 0 spiro atoms. The fourth-order valence-electron chi connectivity index (χ4n) is 1.94. The summed E-state index contributed by atoms with van der Waals surface area (Å²) in [5, 5.41) is 9.25. The maximum atomic E-state index is 11.2. The normalized spacial score (nSPS) is 13.0. The van der Waals surface area contributed by atoms with Crippen LogP contribution < -0.4 is 4.18 Å². The van der Waals surface area contributed by atoms with E-state index in [1.54, 1.807) is 36.4 Å². The van der Waals surface area contributed by atoms with E-state index in [0.717, 1.165) is 29.5 Å². The maximum Gasteiger partial charge on any atom is 0.306 e. The van der Waals surface area contributed by atoms with Gasteiger partial charge in [0.1, 0.15) is 11.5 Å². The summed E-state index contributed by atoms with van der Waals surface area (Å²) >= 11 is 5.95. The fraction of sp³-hybridized carbons (Fsp3) is 0.222. The summed E-state index contributed by atoms with van der Waals surface area (Å²) in [6.45, 7) is 3.92. The van der Waals surface area contributed by atoms with Crippen molar-refractivity contribution in [3.63, 3.8) is 0 Å². The number of halogens is 1. The third-order valence-corrected chi connectivity index (χ3v) is 4.07. The van der Waals surface area contributed by atoms with Crippen LogP contribution in [-0.4, -0.2) is 26.1 Å². The van der Waals surface area contributed by atoms with Crippen molar-refractivity contribution in [2.24, 2.45) is 10.2 Å². The number of benzene rings is 2. The van der Waals surface area contributed by atoms with Gasteiger partial charge < -0.3 is 4.18 Å². The Morgan fingerprint density at radius 3 is 2.00 bits per heavy atom. The van der Waals surface area contributed by atoms with E-state index < -0.39 is 10.1 Å². The second-order valence-electron chi connectivity index (χ2n) is 5.46. The minimum atomic E-state index is -3.56. The minimum Gasteiger partial charge on any atom is -0.383 e. The number of nitrogens with zero attached hydrogens (tertiary/aromatic N) is 2. The highest BCUT2D eigenvalue weighted by Crippen LogP contribution is 2.19. The molecule has 0 aliphatic rings. The lowest BCUT2D eigenvalue weighted by Crippen LogP contribution is -2.07. The largest absolute Gasteiger partial charge is 0.383 e. The molecule has 0 saturated heterocycles. The molecule has 2 rings (SSSR count). The zero-order valence-electron chi connectivity index (χ0n) is 14.2. The lowest BCUT2D eigenvalue weighted by atomic mass is 10.0. The third-order valence-electron chi connectivity index (χ3n) is 3.33. The smallest absolute Gasteiger partial charge is 0.306 e. The van der Waals surface area contributed by atoms with E-state index in [-0.39, 0.29) is 5.75 Å². The summed E-state index contributed by atoms with van der Waals surface area (Å²) in [6, 6.07) is 13.9. The summed E-state index contributed by atoms with van der Waals surface area (Å²) in [5.74, 6) is 0.245. The van der Waals surface area contributed by atoms with Gasteiger partial charge in [-0.3, -0.25) is 0 Å². The molecule has 0 N–H and O–H groups in total. The highest BCUT2D eigenvalue weighted by molar-refractivity contribution is 7.86. The van der Waals surface area contributed by atoms with Crippen LogP contribution in [0.5, 0.6) is 5.75 Å². The highest BCUT2D eigenvalue weighted by atomic mass is 35.5. The van der Waals surface area contributed by atoms with Crippen molar-refractivity contribution >= 4 is 33.1 Å². The molecule has 0 atom stereocenters. The van der Waals surface area contributed by atoms with Crippen molar-refractivity contribution in [3.8, 4) is 5.75 Å². The molecular formula is C18H19ClN2O3S. The van der Waals surface area contributed by atoms with Crippen molar-refractivity contribution in [1.29, 1.82) is 0 Å². The van der Waals surface area contributed by atoms with Gasteiger partial charge in [-0.05, 0) is 49.7 Å². The molecule has 0 radical (unpaired) electrons. The molecule has 0 fully saturated rings. The van der Waals surface area contributed by atoms with Crippen LogP contribution in [0.1, 0.15) is 31.4 Å². The molecule has 0 aliphatic heterocycles. The van der Waals surface area contributed by atoms with E-state index >= 15 is 0 Å². The first-order valence-electron chi connectivity index (χ1n) is 7.65. The summed E-state index contributed by atoms with van der Waals surface area (Å²) in [6.07, 6.45) is 1.81. The fourth-order valence-corrected chi connectivity index (χ4v) is 2.53. The van der Waals surface area contributed by atoms with Gasteiger partial charge in [-0.15, -0.1) is 5.10 Å². The Hall–Kier alpha value is -2.18. The molecule has 132 valence electrons. The highest BCUT2D eigenvalue weighted by Gasteiger charge is 2.10. The summed E-state index contributed by atoms with van der Waals surface area (Å²) in [4.78, 5) is 0. The van der Waals surface area contributed by atoms with Crippen LogP contribution in [0.4, 0.5) is 0 Å². The van der Waals surface area contributed by atoms with Crippen molar-refractivity contribution in [2.45, 2.75) is 20.3 Å². The first-order chi connectivity index (χ1) is 11.8. The van der Waals surface area contributed by atoms with E-state index in [2.05, 4.69) is 10.2 Å². The Morgan fingerprint density at radius 2 is 1.52 bits per heavy atom. The van der Waals surface area contributed by atoms with E-state index in [4.69, 9.17) is 15.8 Å². The van der Waals surface area contributed by atoms with Crippen LogP contribution in [0.15, 0.2) is 58.7 Å². The van der Waals surface area contributed by atoms with Gasteiger partial charge in [-0.2, -0.15) is 13.5 Å². The molecule has 25 heavy (non-hydrogen) atoms.